The number of H-pyrrole nitrogens is 1. The second-order valence-corrected chi connectivity index (χ2v) is 7.64. The minimum absolute atomic E-state index is 0.00248. The summed E-state index contributed by atoms with van der Waals surface area (Å²) in [5.74, 6) is -0.179. The van der Waals surface area contributed by atoms with Gasteiger partial charge in [0, 0.05) is 20.1 Å². The van der Waals surface area contributed by atoms with Gasteiger partial charge in [0.15, 0.2) is 0 Å². The molecule has 1 aliphatic heterocycles. The maximum atomic E-state index is 13.5. The average molecular weight is 501 g/mol. The summed E-state index contributed by atoms with van der Waals surface area (Å²) in [6.45, 7) is 4.38. The first kappa shape index (κ1) is 28.9. The van der Waals surface area contributed by atoms with E-state index >= 15 is 0 Å². The van der Waals surface area contributed by atoms with Crippen molar-refractivity contribution in [3.63, 3.8) is 0 Å². The molecule has 14 heteroatoms. The van der Waals surface area contributed by atoms with Crippen LogP contribution in [0.4, 0.5) is 22.0 Å². The van der Waals surface area contributed by atoms with Crippen molar-refractivity contribution < 1.29 is 31.5 Å². The summed E-state index contributed by atoms with van der Waals surface area (Å²) in [5.41, 5.74) is -5.18. The van der Waals surface area contributed by atoms with Crippen molar-refractivity contribution in [1.82, 2.24) is 20.0 Å². The van der Waals surface area contributed by atoms with E-state index in [1.165, 1.54) is 28.1 Å². The first-order valence-corrected chi connectivity index (χ1v) is 10.8. The van der Waals surface area contributed by atoms with Crippen LogP contribution >= 0.6 is 9.24 Å². The number of nitrogens with zero attached hydrogens (tertiary/aromatic N) is 4. The summed E-state index contributed by atoms with van der Waals surface area (Å²) in [7, 11) is 2.63. The molecule has 1 amide bonds. The maximum Gasteiger partial charge on any atom is 0.405 e. The van der Waals surface area contributed by atoms with Crippen molar-refractivity contribution in [2.24, 2.45) is 4.99 Å². The van der Waals surface area contributed by atoms with Gasteiger partial charge in [-0.2, -0.15) is 27.1 Å². The number of ether oxygens (including phenoxy) is 1. The van der Waals surface area contributed by atoms with Crippen LogP contribution in [0.15, 0.2) is 15.9 Å². The lowest BCUT2D eigenvalue weighted by molar-refractivity contribution is -0.141. The molecule has 1 aliphatic rings. The molecule has 0 saturated carbocycles. The van der Waals surface area contributed by atoms with Crippen molar-refractivity contribution in [3.05, 3.63) is 27.7 Å². The lowest BCUT2D eigenvalue weighted by atomic mass is 10.2. The number of amides is 1. The molecule has 1 aromatic heterocycles. The number of piperazine rings is 1. The molecule has 2 rings (SSSR count). The molecular weight excluding hydrogens is 472 g/mol. The van der Waals surface area contributed by atoms with E-state index in [-0.39, 0.29) is 50.1 Å². The number of hydrogen-bond acceptors (Lipinski definition) is 5. The van der Waals surface area contributed by atoms with E-state index in [0.717, 1.165) is 11.0 Å². The lowest BCUT2D eigenvalue weighted by Crippen LogP contribution is -2.54. The van der Waals surface area contributed by atoms with Gasteiger partial charge in [0.25, 0.3) is 11.2 Å². The molecule has 0 spiro atoms. The van der Waals surface area contributed by atoms with Crippen LogP contribution in [0.3, 0.4) is 0 Å². The number of rotatable bonds is 7. The van der Waals surface area contributed by atoms with E-state index in [1.54, 1.807) is 0 Å². The van der Waals surface area contributed by atoms with E-state index in [0.29, 0.717) is 0 Å². The van der Waals surface area contributed by atoms with E-state index < -0.39 is 35.6 Å². The van der Waals surface area contributed by atoms with Crippen LogP contribution in [0.1, 0.15) is 44.6 Å². The van der Waals surface area contributed by atoms with Crippen molar-refractivity contribution in [3.8, 4) is 0 Å². The standard InChI is InChI=1S/C17H23F5N5O3P.C2H6/c1-10(12-7-11(17(21,22)31)15(29)25-24-12)30-6-3-14(28)26-4-5-27(9-16(18,19)20)13(8-26)23-2;1-2/h7,10H,3-6,8-9,31H2,1-2H3,(H,25,29);1-2H3. The Morgan fingerprint density at radius 2 is 1.94 bits per heavy atom. The highest BCUT2D eigenvalue weighted by atomic mass is 31.0. The fourth-order valence-electron chi connectivity index (χ4n) is 2.98. The van der Waals surface area contributed by atoms with E-state index in [4.69, 9.17) is 4.74 Å². The maximum absolute atomic E-state index is 13.5. The number of carbonyl (C=O) groups excluding carboxylic acids is 1. The molecule has 1 aromatic rings. The Bertz CT molecular complexity index is 873. The molecule has 1 saturated heterocycles. The molecule has 0 radical (unpaired) electrons. The fourth-order valence-corrected chi connectivity index (χ4v) is 3.19. The Balaban J connectivity index is 0.00000265. The summed E-state index contributed by atoms with van der Waals surface area (Å²) in [6.07, 6.45) is -5.23. The van der Waals surface area contributed by atoms with Gasteiger partial charge in [0.1, 0.15) is 12.4 Å². The SMILES string of the molecule is CC.CN=C1CN(C(=O)CCOC(C)c2cc(C(F)(F)P)c(=O)[nH]n2)CCN1CC(F)(F)F. The second-order valence-electron chi connectivity index (χ2n) is 6.91. The monoisotopic (exact) mass is 501 g/mol. The number of nitrogens with one attached hydrogen (secondary N) is 1. The van der Waals surface area contributed by atoms with Crippen LogP contribution in [0.5, 0.6) is 0 Å². The minimum atomic E-state index is -4.37. The summed E-state index contributed by atoms with van der Waals surface area (Å²) in [6, 6.07) is 0.933. The third-order valence-electron chi connectivity index (χ3n) is 4.60. The number of aliphatic imine (C=N–C) groups is 1. The predicted octanol–water partition coefficient (Wildman–Crippen LogP) is 2.92. The van der Waals surface area contributed by atoms with Crippen molar-refractivity contribution in [2.75, 3.05) is 39.8 Å². The Hall–Kier alpha value is -2.14. The third-order valence-corrected chi connectivity index (χ3v) is 4.91. The molecule has 33 heavy (non-hydrogen) atoms. The van der Waals surface area contributed by atoms with Gasteiger partial charge in [-0.25, -0.2) is 5.10 Å². The zero-order valence-corrected chi connectivity index (χ0v) is 20.0. The molecule has 188 valence electrons. The van der Waals surface area contributed by atoms with Gasteiger partial charge in [-0.3, -0.25) is 14.6 Å². The van der Waals surface area contributed by atoms with Crippen molar-refractivity contribution in [2.45, 2.75) is 45.1 Å². The molecule has 2 unspecified atom stereocenters. The fraction of sp³-hybridized carbons (Fsp3) is 0.684. The van der Waals surface area contributed by atoms with Crippen molar-refractivity contribution in [1.29, 1.82) is 0 Å². The summed E-state index contributed by atoms with van der Waals surface area (Å²) >= 11 is 0. The average Bonchev–Trinajstić information content (AvgIpc) is 2.73. The first-order chi connectivity index (χ1) is 15.3. The van der Waals surface area contributed by atoms with Crippen LogP contribution < -0.4 is 5.56 Å². The van der Waals surface area contributed by atoms with E-state index in [1.807, 2.05) is 18.9 Å². The summed E-state index contributed by atoms with van der Waals surface area (Å²) in [4.78, 5) is 30.2. The van der Waals surface area contributed by atoms with Crippen LogP contribution in [0.2, 0.25) is 0 Å². The lowest BCUT2D eigenvalue weighted by Gasteiger charge is -2.37. The third kappa shape index (κ3) is 8.96. The van der Waals surface area contributed by atoms with E-state index in [9.17, 15) is 31.5 Å². The molecule has 0 bridgehead atoms. The highest BCUT2D eigenvalue weighted by Crippen LogP contribution is 2.33. The molecule has 0 aliphatic carbocycles. The molecule has 8 nitrogen and oxygen atoms in total. The van der Waals surface area contributed by atoms with Crippen molar-refractivity contribution >= 4 is 21.0 Å². The highest BCUT2D eigenvalue weighted by Gasteiger charge is 2.35. The Morgan fingerprint density at radius 3 is 2.48 bits per heavy atom. The Morgan fingerprint density at radius 1 is 1.30 bits per heavy atom. The number of halogens is 5. The topological polar surface area (TPSA) is 90.9 Å². The van der Waals surface area contributed by atoms with E-state index in [2.05, 4.69) is 10.1 Å². The van der Waals surface area contributed by atoms with Gasteiger partial charge in [0.2, 0.25) is 5.91 Å². The highest BCUT2D eigenvalue weighted by molar-refractivity contribution is 7.17. The van der Waals surface area contributed by atoms with Gasteiger partial charge in [-0.15, -0.1) is 0 Å². The first-order valence-electron chi connectivity index (χ1n) is 10.3. The zero-order chi connectivity index (χ0) is 25.4. The molecule has 2 atom stereocenters. The van der Waals surface area contributed by atoms with Gasteiger partial charge in [-0.1, -0.05) is 23.1 Å². The Labute approximate surface area is 190 Å². The largest absolute Gasteiger partial charge is 0.405 e. The zero-order valence-electron chi connectivity index (χ0n) is 18.9. The predicted molar refractivity (Wildman–Crippen MR) is 116 cm³/mol. The summed E-state index contributed by atoms with van der Waals surface area (Å²) < 4.78 is 70.3. The smallest absolute Gasteiger partial charge is 0.372 e. The van der Waals surface area contributed by atoms with Crippen LogP contribution in [-0.4, -0.2) is 77.7 Å². The second kappa shape index (κ2) is 12.4. The number of alkyl halides is 5. The van der Waals surface area contributed by atoms with Gasteiger partial charge in [-0.05, 0) is 13.0 Å². The number of carbonyl (C=O) groups is 1. The van der Waals surface area contributed by atoms with Crippen LogP contribution in [0, 0.1) is 0 Å². The number of hydrogen-bond donors (Lipinski definition) is 1. The van der Waals surface area contributed by atoms with Gasteiger partial charge in [0.05, 0.1) is 36.9 Å². The Kier molecular flexibility index (Phi) is 10.8. The van der Waals surface area contributed by atoms with Crippen LogP contribution in [0.25, 0.3) is 0 Å². The van der Waals surface area contributed by atoms with Crippen LogP contribution in [-0.2, 0) is 15.2 Å². The molecule has 1 fully saturated rings. The molecular formula is C19H29F5N5O3P. The van der Waals surface area contributed by atoms with Gasteiger partial charge < -0.3 is 14.5 Å². The van der Waals surface area contributed by atoms with Gasteiger partial charge >= 0.3 is 6.18 Å². The molecule has 1 N–H and O–H groups in total. The normalized spacial score (nSPS) is 17.0. The molecule has 2 heterocycles. The number of amidine groups is 1. The summed E-state index contributed by atoms with van der Waals surface area (Å²) in [5, 5.41) is 5.67. The minimum Gasteiger partial charge on any atom is -0.372 e. The quantitative estimate of drug-likeness (QED) is 0.459. The number of aromatic amines is 1. The number of aromatic nitrogens is 2. The molecule has 0 aromatic carbocycles.